The number of alkyl halides is 2. The highest BCUT2D eigenvalue weighted by Gasteiger charge is 2.37. The highest BCUT2D eigenvalue weighted by Crippen LogP contribution is 2.32. The van der Waals surface area contributed by atoms with Gasteiger partial charge in [0.15, 0.2) is 0 Å². The molecule has 2 rings (SSSR count). The minimum atomic E-state index is -4.69. The lowest BCUT2D eigenvalue weighted by molar-refractivity contribution is -0.122. The Kier molecular flexibility index (Phi) is 5.05. The summed E-state index contributed by atoms with van der Waals surface area (Å²) in [4.78, 5) is 11.9. The molecule has 0 bridgehead atoms. The molecule has 2 unspecified atom stereocenters. The molecule has 5 nitrogen and oxygen atoms in total. The van der Waals surface area contributed by atoms with E-state index in [2.05, 4.69) is 5.32 Å². The summed E-state index contributed by atoms with van der Waals surface area (Å²) in [5.41, 5.74) is 5.69. The monoisotopic (exact) mass is 346 g/mol. The van der Waals surface area contributed by atoms with Crippen LogP contribution in [-0.4, -0.2) is 25.6 Å². The molecule has 1 saturated carbocycles. The van der Waals surface area contributed by atoms with Crippen LogP contribution in [0.4, 0.5) is 14.5 Å². The zero-order valence-corrected chi connectivity index (χ0v) is 13.6. The van der Waals surface area contributed by atoms with Crippen LogP contribution in [0.2, 0.25) is 0 Å². The summed E-state index contributed by atoms with van der Waals surface area (Å²) < 4.78 is 48.2. The Morgan fingerprint density at radius 2 is 2.09 bits per heavy atom. The molecule has 1 aliphatic carbocycles. The van der Waals surface area contributed by atoms with Crippen LogP contribution in [0.3, 0.4) is 0 Å². The summed E-state index contributed by atoms with van der Waals surface area (Å²) in [5, 5.41) is 2.59. The number of hydrogen-bond donors (Lipinski definition) is 2. The van der Waals surface area contributed by atoms with Crippen LogP contribution in [0.1, 0.15) is 32.6 Å². The van der Waals surface area contributed by atoms with Gasteiger partial charge in [-0.15, -0.1) is 0 Å². The highest BCUT2D eigenvalue weighted by atomic mass is 32.2. The molecule has 8 heteroatoms. The second kappa shape index (κ2) is 6.52. The molecule has 2 atom stereocenters. The summed E-state index contributed by atoms with van der Waals surface area (Å²) in [7, 11) is -4.69. The average Bonchev–Trinajstić information content (AvgIpc) is 2.46. The van der Waals surface area contributed by atoms with E-state index >= 15 is 0 Å². The molecule has 1 amide bonds. The minimum absolute atomic E-state index is 0.165. The van der Waals surface area contributed by atoms with Gasteiger partial charge >= 0.3 is 5.76 Å². The maximum atomic E-state index is 12.6. The lowest BCUT2D eigenvalue weighted by atomic mass is 9.74. The van der Waals surface area contributed by atoms with Gasteiger partial charge < -0.3 is 11.1 Å². The van der Waals surface area contributed by atoms with Gasteiger partial charge in [-0.05, 0) is 38.0 Å². The fraction of sp³-hybridized carbons (Fsp3) is 0.533. The Balaban J connectivity index is 2.19. The van der Waals surface area contributed by atoms with Crippen molar-refractivity contribution in [1.29, 1.82) is 0 Å². The van der Waals surface area contributed by atoms with Crippen LogP contribution in [0.25, 0.3) is 0 Å². The lowest BCUT2D eigenvalue weighted by Crippen LogP contribution is -2.51. The minimum Gasteiger partial charge on any atom is -0.326 e. The number of rotatable bonds is 4. The fourth-order valence-electron chi connectivity index (χ4n) is 2.87. The van der Waals surface area contributed by atoms with E-state index in [1.54, 1.807) is 0 Å². The Morgan fingerprint density at radius 3 is 2.70 bits per heavy atom. The van der Waals surface area contributed by atoms with Gasteiger partial charge in [-0.25, -0.2) is 8.42 Å². The molecular formula is C15H20F2N2O3S. The number of nitrogens with one attached hydrogen (secondary N) is 1. The third-order valence-electron chi connectivity index (χ3n) is 4.24. The van der Waals surface area contributed by atoms with Crippen molar-refractivity contribution in [3.8, 4) is 0 Å². The van der Waals surface area contributed by atoms with Gasteiger partial charge in [-0.2, -0.15) is 8.78 Å². The highest BCUT2D eigenvalue weighted by molar-refractivity contribution is 7.91. The topological polar surface area (TPSA) is 89.3 Å². The number of carbonyl (C=O) groups is 1. The van der Waals surface area contributed by atoms with E-state index in [0.29, 0.717) is 6.42 Å². The zero-order valence-electron chi connectivity index (χ0n) is 12.8. The van der Waals surface area contributed by atoms with Crippen molar-refractivity contribution in [2.75, 3.05) is 5.32 Å². The molecule has 1 aromatic rings. The molecule has 23 heavy (non-hydrogen) atoms. The van der Waals surface area contributed by atoms with E-state index in [4.69, 9.17) is 5.73 Å². The molecule has 0 radical (unpaired) electrons. The van der Waals surface area contributed by atoms with Gasteiger partial charge in [-0.1, -0.05) is 18.9 Å². The second-order valence-electron chi connectivity index (χ2n) is 6.13. The van der Waals surface area contributed by atoms with Crippen LogP contribution in [0, 0.1) is 5.92 Å². The van der Waals surface area contributed by atoms with Gasteiger partial charge in [0, 0.05) is 11.2 Å². The van der Waals surface area contributed by atoms with Crippen molar-refractivity contribution >= 4 is 21.4 Å². The molecule has 0 aromatic heterocycles. The van der Waals surface area contributed by atoms with Crippen LogP contribution in [0.5, 0.6) is 0 Å². The van der Waals surface area contributed by atoms with Gasteiger partial charge in [-0.3, -0.25) is 4.79 Å². The number of amides is 1. The maximum absolute atomic E-state index is 12.6. The second-order valence-corrected chi connectivity index (χ2v) is 8.04. The summed E-state index contributed by atoms with van der Waals surface area (Å²) in [6.07, 6.45) is 3.22. The maximum Gasteiger partial charge on any atom is 0.341 e. The Morgan fingerprint density at radius 1 is 1.39 bits per heavy atom. The van der Waals surface area contributed by atoms with Gasteiger partial charge in [0.2, 0.25) is 15.7 Å². The zero-order chi connectivity index (χ0) is 17.3. The van der Waals surface area contributed by atoms with E-state index in [0.717, 1.165) is 31.4 Å². The molecule has 1 aliphatic rings. The smallest absolute Gasteiger partial charge is 0.326 e. The SMILES string of the molecule is CC1(N)CCCCC1C(=O)Nc1cccc(S(=O)(=O)C(F)F)c1. The number of sulfone groups is 1. The summed E-state index contributed by atoms with van der Waals surface area (Å²) in [6, 6.07) is 4.88. The predicted octanol–water partition coefficient (Wildman–Crippen LogP) is 2.53. The van der Waals surface area contributed by atoms with Crippen LogP contribution < -0.4 is 11.1 Å². The number of benzene rings is 1. The largest absolute Gasteiger partial charge is 0.341 e. The normalized spacial score (nSPS) is 25.3. The third-order valence-corrected chi connectivity index (χ3v) is 5.62. The Hall–Kier alpha value is -1.54. The number of halogens is 2. The van der Waals surface area contributed by atoms with E-state index in [1.165, 1.54) is 12.1 Å². The third kappa shape index (κ3) is 3.87. The quantitative estimate of drug-likeness (QED) is 0.877. The van der Waals surface area contributed by atoms with E-state index in [1.807, 2.05) is 6.92 Å². The molecule has 3 N–H and O–H groups in total. The molecule has 128 valence electrons. The summed E-state index contributed by atoms with van der Waals surface area (Å²) in [5.74, 6) is -4.22. The standard InChI is InChI=1S/C15H20F2N2O3S/c1-15(18)8-3-2-7-12(15)13(20)19-10-5-4-6-11(9-10)23(21,22)14(16)17/h4-6,9,12,14H,2-3,7-8,18H2,1H3,(H,19,20). The molecule has 0 heterocycles. The fourth-order valence-corrected chi connectivity index (χ4v) is 3.64. The van der Waals surface area contributed by atoms with Crippen molar-refractivity contribution in [3.63, 3.8) is 0 Å². The van der Waals surface area contributed by atoms with Gasteiger partial charge in [0.05, 0.1) is 10.8 Å². The number of anilines is 1. The molecule has 1 fully saturated rings. The van der Waals surface area contributed by atoms with Crippen molar-refractivity contribution in [1.82, 2.24) is 0 Å². The first-order chi connectivity index (χ1) is 10.6. The first kappa shape index (κ1) is 17.8. The van der Waals surface area contributed by atoms with E-state index in [9.17, 15) is 22.0 Å². The number of carbonyl (C=O) groups excluding carboxylic acids is 1. The van der Waals surface area contributed by atoms with Crippen LogP contribution >= 0.6 is 0 Å². The molecule has 1 aromatic carbocycles. The predicted molar refractivity (Wildman–Crippen MR) is 82.8 cm³/mol. The molecule has 0 saturated heterocycles. The van der Waals surface area contributed by atoms with Gasteiger partial charge in [0.1, 0.15) is 0 Å². The average molecular weight is 346 g/mol. The molecule has 0 aliphatic heterocycles. The van der Waals surface area contributed by atoms with Crippen molar-refractivity contribution in [3.05, 3.63) is 24.3 Å². The Bertz CT molecular complexity index is 690. The summed E-state index contributed by atoms with van der Waals surface area (Å²) in [6.45, 7) is 1.81. The summed E-state index contributed by atoms with van der Waals surface area (Å²) >= 11 is 0. The number of hydrogen-bond acceptors (Lipinski definition) is 4. The van der Waals surface area contributed by atoms with E-state index in [-0.39, 0.29) is 11.6 Å². The van der Waals surface area contributed by atoms with Crippen molar-refractivity contribution in [2.24, 2.45) is 11.7 Å². The van der Waals surface area contributed by atoms with E-state index < -0.39 is 31.9 Å². The first-order valence-electron chi connectivity index (χ1n) is 7.36. The molecular weight excluding hydrogens is 326 g/mol. The van der Waals surface area contributed by atoms with Crippen LogP contribution in [0.15, 0.2) is 29.2 Å². The van der Waals surface area contributed by atoms with Crippen molar-refractivity contribution in [2.45, 2.75) is 48.8 Å². The lowest BCUT2D eigenvalue weighted by Gasteiger charge is -2.37. The van der Waals surface area contributed by atoms with Crippen molar-refractivity contribution < 1.29 is 22.0 Å². The van der Waals surface area contributed by atoms with Gasteiger partial charge in [0.25, 0.3) is 0 Å². The van der Waals surface area contributed by atoms with Crippen LogP contribution in [-0.2, 0) is 14.6 Å². The Labute approximate surface area is 134 Å². The number of nitrogens with two attached hydrogens (primary N) is 1. The molecule has 0 spiro atoms. The first-order valence-corrected chi connectivity index (χ1v) is 8.91.